The van der Waals surface area contributed by atoms with Crippen LogP contribution in [-0.2, 0) is 14.8 Å². The van der Waals surface area contributed by atoms with E-state index < -0.39 is 22.0 Å². The van der Waals surface area contributed by atoms with E-state index in [-0.39, 0.29) is 0 Å². The first-order valence-corrected chi connectivity index (χ1v) is 12.1. The van der Waals surface area contributed by atoms with Crippen molar-refractivity contribution >= 4 is 27.3 Å². The van der Waals surface area contributed by atoms with Gasteiger partial charge in [0.1, 0.15) is 17.5 Å². The second kappa shape index (κ2) is 9.44. The number of para-hydroxylation sites is 1. The second-order valence-electron chi connectivity index (χ2n) is 7.91. The number of aryl methyl sites for hydroxylation is 3. The number of sulfonamides is 1. The molecule has 3 aromatic rings. The van der Waals surface area contributed by atoms with Crippen LogP contribution in [0, 0.1) is 20.8 Å². The summed E-state index contributed by atoms with van der Waals surface area (Å²) in [5.74, 6) is 0.836. The van der Waals surface area contributed by atoms with Gasteiger partial charge in [-0.15, -0.1) is 0 Å². The second-order valence-corrected chi connectivity index (χ2v) is 9.77. The predicted octanol–water partition coefficient (Wildman–Crippen LogP) is 5.20. The standard InChI is InChI=1S/C25H28N2O4S/c1-17-15-18(2)24(19(3)16-17)26-25(28)20(4)27(32(5,29)30)21-11-13-23(14-12-21)31-22-9-7-6-8-10-22/h6-16,20H,1-5H3,(H,26,28)/t20-/m0/s1. The van der Waals surface area contributed by atoms with E-state index in [1.54, 1.807) is 31.2 Å². The minimum absolute atomic E-state index is 0.382. The van der Waals surface area contributed by atoms with E-state index in [1.807, 2.05) is 63.2 Å². The molecule has 0 aliphatic heterocycles. The van der Waals surface area contributed by atoms with E-state index >= 15 is 0 Å². The predicted molar refractivity (Wildman–Crippen MR) is 129 cm³/mol. The molecule has 0 fully saturated rings. The molecule has 0 radical (unpaired) electrons. The van der Waals surface area contributed by atoms with E-state index in [4.69, 9.17) is 4.74 Å². The van der Waals surface area contributed by atoms with Gasteiger partial charge in [-0.2, -0.15) is 0 Å². The van der Waals surface area contributed by atoms with Crippen LogP contribution in [0.3, 0.4) is 0 Å². The van der Waals surface area contributed by atoms with Crippen molar-refractivity contribution in [1.29, 1.82) is 0 Å². The van der Waals surface area contributed by atoms with Gasteiger partial charge in [0, 0.05) is 5.69 Å². The maximum absolute atomic E-state index is 13.0. The van der Waals surface area contributed by atoms with E-state index in [2.05, 4.69) is 5.32 Å². The molecule has 32 heavy (non-hydrogen) atoms. The number of nitrogens with one attached hydrogen (secondary N) is 1. The molecule has 7 heteroatoms. The molecule has 6 nitrogen and oxygen atoms in total. The molecular weight excluding hydrogens is 424 g/mol. The summed E-state index contributed by atoms with van der Waals surface area (Å²) in [6, 6.07) is 18.9. The molecule has 1 atom stereocenters. The van der Waals surface area contributed by atoms with Crippen molar-refractivity contribution in [3.63, 3.8) is 0 Å². The first-order chi connectivity index (χ1) is 15.1. The molecule has 0 unspecified atom stereocenters. The molecule has 0 aliphatic rings. The molecule has 0 aromatic heterocycles. The lowest BCUT2D eigenvalue weighted by Gasteiger charge is -2.28. The highest BCUT2D eigenvalue weighted by atomic mass is 32.2. The molecule has 0 spiro atoms. The van der Waals surface area contributed by atoms with Gasteiger partial charge in [-0.1, -0.05) is 35.9 Å². The first kappa shape index (κ1) is 23.3. The van der Waals surface area contributed by atoms with E-state index in [9.17, 15) is 13.2 Å². The number of benzene rings is 3. The highest BCUT2D eigenvalue weighted by molar-refractivity contribution is 7.92. The van der Waals surface area contributed by atoms with Crippen molar-refractivity contribution in [2.45, 2.75) is 33.7 Å². The average Bonchev–Trinajstić information content (AvgIpc) is 2.71. The lowest BCUT2D eigenvalue weighted by molar-refractivity contribution is -0.116. The topological polar surface area (TPSA) is 75.7 Å². The monoisotopic (exact) mass is 452 g/mol. The van der Waals surface area contributed by atoms with Crippen LogP contribution in [0.15, 0.2) is 66.7 Å². The highest BCUT2D eigenvalue weighted by Gasteiger charge is 2.29. The third-order valence-corrected chi connectivity index (χ3v) is 6.33. The molecule has 3 aromatic carbocycles. The molecule has 168 valence electrons. The van der Waals surface area contributed by atoms with Gasteiger partial charge in [-0.25, -0.2) is 8.42 Å². The number of amides is 1. The largest absolute Gasteiger partial charge is 0.457 e. The van der Waals surface area contributed by atoms with Crippen LogP contribution in [-0.4, -0.2) is 26.6 Å². The number of nitrogens with zero attached hydrogens (tertiary/aromatic N) is 1. The number of ether oxygens (including phenoxy) is 1. The van der Waals surface area contributed by atoms with Gasteiger partial charge in [0.15, 0.2) is 0 Å². The summed E-state index contributed by atoms with van der Waals surface area (Å²) in [5, 5.41) is 2.90. The van der Waals surface area contributed by atoms with Gasteiger partial charge >= 0.3 is 0 Å². The Hall–Kier alpha value is -3.32. The van der Waals surface area contributed by atoms with Gasteiger partial charge in [-0.05, 0) is 75.2 Å². The van der Waals surface area contributed by atoms with E-state index in [0.717, 1.165) is 27.3 Å². The molecule has 0 aliphatic carbocycles. The quantitative estimate of drug-likeness (QED) is 0.535. The zero-order chi connectivity index (χ0) is 23.5. The van der Waals surface area contributed by atoms with Gasteiger partial charge in [0.05, 0.1) is 11.9 Å². The molecule has 0 heterocycles. The third-order valence-electron chi connectivity index (χ3n) is 5.08. The first-order valence-electron chi connectivity index (χ1n) is 10.3. The summed E-state index contributed by atoms with van der Waals surface area (Å²) in [6.07, 6.45) is 1.09. The lowest BCUT2D eigenvalue weighted by atomic mass is 10.0. The summed E-state index contributed by atoms with van der Waals surface area (Å²) in [7, 11) is -3.72. The normalized spacial score (nSPS) is 12.2. The number of rotatable bonds is 7. The van der Waals surface area contributed by atoms with Crippen molar-refractivity contribution in [3.8, 4) is 11.5 Å². The van der Waals surface area contributed by atoms with Gasteiger partial charge in [-0.3, -0.25) is 9.10 Å². The fourth-order valence-electron chi connectivity index (χ4n) is 3.70. The van der Waals surface area contributed by atoms with Crippen LogP contribution in [0.1, 0.15) is 23.6 Å². The molecule has 1 N–H and O–H groups in total. The van der Waals surface area contributed by atoms with E-state index in [0.29, 0.717) is 22.9 Å². The Morgan fingerprint density at radius 3 is 1.97 bits per heavy atom. The summed E-state index contributed by atoms with van der Waals surface area (Å²) in [5.41, 5.74) is 4.04. The number of hydrogen-bond donors (Lipinski definition) is 1. The lowest BCUT2D eigenvalue weighted by Crippen LogP contribution is -2.45. The average molecular weight is 453 g/mol. The minimum Gasteiger partial charge on any atom is -0.457 e. The van der Waals surface area contributed by atoms with Crippen molar-refractivity contribution in [2.75, 3.05) is 15.9 Å². The van der Waals surface area contributed by atoms with Crippen molar-refractivity contribution in [1.82, 2.24) is 0 Å². The molecule has 0 bridgehead atoms. The number of carbonyl (C=O) groups excluding carboxylic acids is 1. The van der Waals surface area contributed by atoms with Crippen molar-refractivity contribution in [3.05, 3.63) is 83.4 Å². The number of hydrogen-bond acceptors (Lipinski definition) is 4. The Balaban J connectivity index is 1.84. The van der Waals surface area contributed by atoms with Gasteiger partial charge in [0.2, 0.25) is 15.9 Å². The Morgan fingerprint density at radius 2 is 1.44 bits per heavy atom. The van der Waals surface area contributed by atoms with Gasteiger partial charge in [0.25, 0.3) is 0 Å². The van der Waals surface area contributed by atoms with Crippen LogP contribution < -0.4 is 14.4 Å². The van der Waals surface area contributed by atoms with E-state index in [1.165, 1.54) is 0 Å². The minimum atomic E-state index is -3.72. The highest BCUT2D eigenvalue weighted by Crippen LogP contribution is 2.28. The van der Waals surface area contributed by atoms with Crippen LogP contribution in [0.25, 0.3) is 0 Å². The molecular formula is C25H28N2O4S. The SMILES string of the molecule is Cc1cc(C)c(NC(=O)[C@H](C)N(c2ccc(Oc3ccccc3)cc2)S(C)(=O)=O)c(C)c1. The Kier molecular flexibility index (Phi) is 6.89. The van der Waals surface area contributed by atoms with Crippen LogP contribution in [0.2, 0.25) is 0 Å². The van der Waals surface area contributed by atoms with Crippen molar-refractivity contribution in [2.24, 2.45) is 0 Å². The molecule has 1 amide bonds. The maximum atomic E-state index is 13.0. The van der Waals surface area contributed by atoms with Crippen LogP contribution in [0.5, 0.6) is 11.5 Å². The van der Waals surface area contributed by atoms with Crippen LogP contribution >= 0.6 is 0 Å². The number of anilines is 2. The number of carbonyl (C=O) groups is 1. The Labute approximate surface area is 189 Å². The van der Waals surface area contributed by atoms with Crippen LogP contribution in [0.4, 0.5) is 11.4 Å². The summed E-state index contributed by atoms with van der Waals surface area (Å²) < 4.78 is 32.1. The smallest absolute Gasteiger partial charge is 0.248 e. The fraction of sp³-hybridized carbons (Fsp3) is 0.240. The summed E-state index contributed by atoms with van der Waals surface area (Å²) in [6.45, 7) is 7.40. The molecule has 0 saturated heterocycles. The zero-order valence-corrected chi connectivity index (χ0v) is 19.7. The Morgan fingerprint density at radius 1 is 0.906 bits per heavy atom. The summed E-state index contributed by atoms with van der Waals surface area (Å²) in [4.78, 5) is 13.0. The maximum Gasteiger partial charge on any atom is 0.248 e. The fourth-order valence-corrected chi connectivity index (χ4v) is 4.87. The summed E-state index contributed by atoms with van der Waals surface area (Å²) >= 11 is 0. The Bertz CT molecular complexity index is 1180. The van der Waals surface area contributed by atoms with Gasteiger partial charge < -0.3 is 10.1 Å². The zero-order valence-electron chi connectivity index (χ0n) is 18.9. The third kappa shape index (κ3) is 5.48. The van der Waals surface area contributed by atoms with Crippen molar-refractivity contribution < 1.29 is 17.9 Å². The molecule has 3 rings (SSSR count). The molecule has 0 saturated carbocycles.